The van der Waals surface area contributed by atoms with Crippen LogP contribution in [-0.4, -0.2) is 35.0 Å². The predicted octanol–water partition coefficient (Wildman–Crippen LogP) is 3.00. The number of benzene rings is 1. The fourth-order valence-electron chi connectivity index (χ4n) is 2.49. The van der Waals surface area contributed by atoms with Crippen LogP contribution in [0.15, 0.2) is 24.3 Å². The lowest BCUT2D eigenvalue weighted by Crippen LogP contribution is -2.20. The van der Waals surface area contributed by atoms with Crippen LogP contribution in [0, 0.1) is 13.8 Å². The molecule has 0 bridgehead atoms. The third-order valence-electron chi connectivity index (χ3n) is 3.72. The number of aryl methyl sites for hydroxylation is 1. The van der Waals surface area contributed by atoms with E-state index in [-0.39, 0.29) is 24.7 Å². The summed E-state index contributed by atoms with van der Waals surface area (Å²) >= 11 is 0. The summed E-state index contributed by atoms with van der Waals surface area (Å²) in [7, 11) is 0. The monoisotopic (exact) mass is 406 g/mol. The molecular weight excluding hydrogens is 385 g/mol. The van der Waals surface area contributed by atoms with Gasteiger partial charge in [-0.2, -0.15) is 18.3 Å². The van der Waals surface area contributed by atoms with Gasteiger partial charge in [-0.15, -0.1) is 12.4 Å². The summed E-state index contributed by atoms with van der Waals surface area (Å²) in [4.78, 5) is 12.2. The fourth-order valence-corrected chi connectivity index (χ4v) is 2.49. The Hall–Kier alpha value is -2.26. The van der Waals surface area contributed by atoms with Crippen LogP contribution in [0.4, 0.5) is 18.9 Å². The average molecular weight is 407 g/mol. The number of rotatable bonds is 7. The van der Waals surface area contributed by atoms with Crippen molar-refractivity contribution in [2.75, 3.05) is 18.5 Å². The van der Waals surface area contributed by atoms with Crippen molar-refractivity contribution in [3.63, 3.8) is 0 Å². The molecule has 0 atom stereocenters. The van der Waals surface area contributed by atoms with Gasteiger partial charge in [0, 0.05) is 23.5 Å². The highest BCUT2D eigenvalue weighted by Crippen LogP contribution is 2.22. The number of halogens is 4. The number of anilines is 1. The topological polar surface area (TPSA) is 82.2 Å². The average Bonchev–Trinajstić information content (AvgIpc) is 2.80. The van der Waals surface area contributed by atoms with E-state index in [0.29, 0.717) is 41.5 Å². The number of nitrogens with two attached hydrogens (primary N) is 1. The van der Waals surface area contributed by atoms with Crippen molar-refractivity contribution in [3.8, 4) is 5.75 Å². The Balaban J connectivity index is 0.00000364. The molecule has 2 rings (SSSR count). The molecule has 1 aromatic heterocycles. The lowest BCUT2D eigenvalue weighted by molar-refractivity contribution is -0.142. The molecule has 0 aliphatic carbocycles. The smallest absolute Gasteiger partial charge is 0.408 e. The van der Waals surface area contributed by atoms with Gasteiger partial charge >= 0.3 is 6.18 Å². The number of carbonyl (C=O) groups excluding carboxylic acids is 1. The normalized spacial score (nSPS) is 11.0. The summed E-state index contributed by atoms with van der Waals surface area (Å²) in [6.07, 6.45) is -4.42. The Morgan fingerprint density at radius 1 is 1.26 bits per heavy atom. The van der Waals surface area contributed by atoms with Gasteiger partial charge in [0.1, 0.15) is 18.9 Å². The highest BCUT2D eigenvalue weighted by molar-refractivity contribution is 5.92. The third kappa shape index (κ3) is 6.76. The van der Waals surface area contributed by atoms with E-state index in [4.69, 9.17) is 10.5 Å². The first-order valence-corrected chi connectivity index (χ1v) is 8.02. The Kier molecular flexibility index (Phi) is 8.11. The number of aromatic nitrogens is 2. The van der Waals surface area contributed by atoms with Crippen LogP contribution in [-0.2, 0) is 17.8 Å². The molecule has 0 saturated carbocycles. The minimum absolute atomic E-state index is 0. The van der Waals surface area contributed by atoms with Crippen molar-refractivity contribution in [2.45, 2.75) is 33.0 Å². The summed E-state index contributed by atoms with van der Waals surface area (Å²) in [6, 6.07) is 6.75. The van der Waals surface area contributed by atoms with Crippen molar-refractivity contribution in [1.82, 2.24) is 9.78 Å². The van der Waals surface area contributed by atoms with Gasteiger partial charge in [0.15, 0.2) is 0 Å². The largest absolute Gasteiger partial charge is 0.492 e. The first-order valence-electron chi connectivity index (χ1n) is 8.02. The van der Waals surface area contributed by atoms with Crippen molar-refractivity contribution < 1.29 is 22.7 Å². The van der Waals surface area contributed by atoms with E-state index in [1.807, 2.05) is 0 Å². The molecule has 1 heterocycles. The molecule has 27 heavy (non-hydrogen) atoms. The van der Waals surface area contributed by atoms with Gasteiger partial charge in [-0.25, -0.2) is 0 Å². The Bertz CT molecular complexity index is 761. The molecule has 150 valence electrons. The number of carbonyl (C=O) groups is 1. The molecule has 0 fully saturated rings. The molecule has 1 amide bonds. The highest BCUT2D eigenvalue weighted by atomic mass is 35.5. The van der Waals surface area contributed by atoms with Gasteiger partial charge < -0.3 is 15.8 Å². The van der Waals surface area contributed by atoms with Crippen LogP contribution in [0.2, 0.25) is 0 Å². The molecule has 6 nitrogen and oxygen atoms in total. The Labute approximate surface area is 161 Å². The third-order valence-corrected chi connectivity index (χ3v) is 3.72. The van der Waals surface area contributed by atoms with Gasteiger partial charge in [-0.05, 0) is 38.1 Å². The zero-order chi connectivity index (χ0) is 19.3. The number of nitrogens with one attached hydrogen (secondary N) is 1. The molecule has 0 aliphatic heterocycles. The van der Waals surface area contributed by atoms with Crippen molar-refractivity contribution in [1.29, 1.82) is 0 Å². The van der Waals surface area contributed by atoms with Crippen LogP contribution in [0.25, 0.3) is 0 Å². The van der Waals surface area contributed by atoms with Crippen molar-refractivity contribution >= 4 is 24.0 Å². The predicted molar refractivity (Wildman–Crippen MR) is 98.3 cm³/mol. The molecular formula is C17H22ClF3N4O2. The highest BCUT2D eigenvalue weighted by Gasteiger charge is 2.30. The van der Waals surface area contributed by atoms with Gasteiger partial charge in [0.05, 0.1) is 12.1 Å². The molecule has 0 saturated heterocycles. The standard InChI is InChI=1S/C17H21F3N4O2.ClH/c1-11-15(12(2)24(23-11)10-17(18,19)20)9-16(25)22-13-3-5-14(6-4-13)26-8-7-21;/h3-6H,7-10,21H2,1-2H3,(H,22,25);1H. The van der Waals surface area contributed by atoms with Crippen molar-refractivity contribution in [2.24, 2.45) is 5.73 Å². The van der Waals surface area contributed by atoms with E-state index in [0.717, 1.165) is 4.68 Å². The van der Waals surface area contributed by atoms with Crippen LogP contribution in [0.3, 0.4) is 0 Å². The number of alkyl halides is 3. The maximum Gasteiger partial charge on any atom is 0.408 e. The molecule has 3 N–H and O–H groups in total. The second-order valence-electron chi connectivity index (χ2n) is 5.81. The number of ether oxygens (including phenoxy) is 1. The Morgan fingerprint density at radius 3 is 2.44 bits per heavy atom. The Morgan fingerprint density at radius 2 is 1.89 bits per heavy atom. The van der Waals surface area contributed by atoms with E-state index < -0.39 is 12.7 Å². The number of hydrogen-bond acceptors (Lipinski definition) is 4. The van der Waals surface area contributed by atoms with E-state index in [1.165, 1.54) is 6.92 Å². The van der Waals surface area contributed by atoms with E-state index in [9.17, 15) is 18.0 Å². The minimum atomic E-state index is -4.36. The van der Waals surface area contributed by atoms with Crippen LogP contribution in [0.1, 0.15) is 17.0 Å². The SMILES string of the molecule is Cc1nn(CC(F)(F)F)c(C)c1CC(=O)Nc1ccc(OCCN)cc1.Cl. The van der Waals surface area contributed by atoms with Crippen LogP contribution < -0.4 is 15.8 Å². The van der Waals surface area contributed by atoms with Crippen LogP contribution >= 0.6 is 12.4 Å². The van der Waals surface area contributed by atoms with Crippen molar-refractivity contribution in [3.05, 3.63) is 41.2 Å². The van der Waals surface area contributed by atoms with E-state index in [1.54, 1.807) is 31.2 Å². The number of amides is 1. The molecule has 0 radical (unpaired) electrons. The minimum Gasteiger partial charge on any atom is -0.492 e. The summed E-state index contributed by atoms with van der Waals surface area (Å²) in [5.41, 5.74) is 7.16. The van der Waals surface area contributed by atoms with E-state index >= 15 is 0 Å². The summed E-state index contributed by atoms with van der Waals surface area (Å²) in [5.74, 6) is 0.298. The lowest BCUT2D eigenvalue weighted by Gasteiger charge is -2.09. The van der Waals surface area contributed by atoms with Gasteiger partial charge in [-0.3, -0.25) is 9.48 Å². The maximum absolute atomic E-state index is 12.6. The van der Waals surface area contributed by atoms with Crippen LogP contribution in [0.5, 0.6) is 5.75 Å². The van der Waals surface area contributed by atoms with Gasteiger partial charge in [0.25, 0.3) is 0 Å². The lowest BCUT2D eigenvalue weighted by atomic mass is 10.1. The van der Waals surface area contributed by atoms with E-state index in [2.05, 4.69) is 10.4 Å². The van der Waals surface area contributed by atoms with Gasteiger partial charge in [0.2, 0.25) is 5.91 Å². The zero-order valence-electron chi connectivity index (χ0n) is 15.0. The molecule has 1 aromatic carbocycles. The summed E-state index contributed by atoms with van der Waals surface area (Å²) in [6.45, 7) is 2.74. The second kappa shape index (κ2) is 9.61. The first-order chi connectivity index (χ1) is 12.2. The zero-order valence-corrected chi connectivity index (χ0v) is 15.8. The molecule has 0 aliphatic rings. The number of hydrogen-bond donors (Lipinski definition) is 2. The number of nitrogens with zero attached hydrogens (tertiary/aromatic N) is 2. The summed E-state index contributed by atoms with van der Waals surface area (Å²) in [5, 5.41) is 6.59. The first kappa shape index (κ1) is 22.8. The summed E-state index contributed by atoms with van der Waals surface area (Å²) < 4.78 is 43.9. The molecule has 0 unspecified atom stereocenters. The molecule has 0 spiro atoms. The maximum atomic E-state index is 12.6. The fraction of sp³-hybridized carbons (Fsp3) is 0.412. The quantitative estimate of drug-likeness (QED) is 0.740. The molecule has 10 heteroatoms. The second-order valence-corrected chi connectivity index (χ2v) is 5.81. The van der Waals surface area contributed by atoms with Gasteiger partial charge in [-0.1, -0.05) is 0 Å². The molecule has 2 aromatic rings.